The van der Waals surface area contributed by atoms with E-state index in [1.165, 1.54) is 16.2 Å². The molecule has 0 aliphatic carbocycles. The van der Waals surface area contributed by atoms with Crippen LogP contribution >= 0.6 is 0 Å². The second-order valence-electron chi connectivity index (χ2n) is 7.52. The van der Waals surface area contributed by atoms with Crippen LogP contribution in [0.15, 0.2) is 82.8 Å². The van der Waals surface area contributed by atoms with Crippen LogP contribution < -0.4 is 15.9 Å². The van der Waals surface area contributed by atoms with Crippen molar-refractivity contribution in [2.24, 2.45) is 5.10 Å². The van der Waals surface area contributed by atoms with Crippen molar-refractivity contribution in [1.29, 1.82) is 0 Å². The van der Waals surface area contributed by atoms with Crippen molar-refractivity contribution in [3.63, 3.8) is 0 Å². The lowest BCUT2D eigenvalue weighted by Crippen LogP contribution is -2.31. The summed E-state index contributed by atoms with van der Waals surface area (Å²) in [7, 11) is 0. The van der Waals surface area contributed by atoms with E-state index in [1.54, 1.807) is 18.5 Å². The molecule has 3 rings (SSSR count). The van der Waals surface area contributed by atoms with Gasteiger partial charge < -0.3 is 9.47 Å². The molecule has 1 heterocycles. The number of hydrazone groups is 1. The molecule has 0 bridgehead atoms. The molecule has 6 nitrogen and oxygen atoms in total. The Morgan fingerprint density at radius 3 is 2.42 bits per heavy atom. The number of rotatable bonds is 8. The fraction of sp³-hybridized carbons (Fsp3) is 0.240. The molecule has 160 valence electrons. The maximum atomic E-state index is 12.4. The van der Waals surface area contributed by atoms with Crippen molar-refractivity contribution >= 4 is 17.8 Å². The maximum absolute atomic E-state index is 12.4. The standard InChI is InChI=1S/C25H28N4O2/c1-4-28(18-21-9-6-5-7-10-21)22-14-12-20(13-15-22)17-26-27-24(30)23-11-8-16-29(19(2)3)25(23)31/h5-17,19H,4,18H2,1-3H3,(H,27,30)/b26-17-. The molecule has 0 fully saturated rings. The summed E-state index contributed by atoms with van der Waals surface area (Å²) in [5.41, 5.74) is 5.42. The third-order valence-corrected chi connectivity index (χ3v) is 5.01. The number of carbonyl (C=O) groups is 1. The minimum absolute atomic E-state index is 0.0214. The van der Waals surface area contributed by atoms with Crippen molar-refractivity contribution in [2.75, 3.05) is 11.4 Å². The first-order chi connectivity index (χ1) is 15.0. The molecule has 1 N–H and O–H groups in total. The van der Waals surface area contributed by atoms with Gasteiger partial charge in [-0.1, -0.05) is 42.5 Å². The first-order valence-corrected chi connectivity index (χ1v) is 10.4. The van der Waals surface area contributed by atoms with Crippen LogP contribution in [0.4, 0.5) is 5.69 Å². The lowest BCUT2D eigenvalue weighted by atomic mass is 10.1. The predicted octanol–water partition coefficient (Wildman–Crippen LogP) is 4.22. The van der Waals surface area contributed by atoms with Gasteiger partial charge in [-0.05, 0) is 56.2 Å². The van der Waals surface area contributed by atoms with Gasteiger partial charge in [0.25, 0.3) is 11.5 Å². The number of hydrogen-bond acceptors (Lipinski definition) is 4. The number of benzene rings is 2. The number of pyridine rings is 1. The number of amides is 1. The summed E-state index contributed by atoms with van der Waals surface area (Å²) in [6.45, 7) is 7.65. The third kappa shape index (κ3) is 5.69. The Kier molecular flexibility index (Phi) is 7.38. The van der Waals surface area contributed by atoms with Crippen molar-refractivity contribution in [3.8, 4) is 0 Å². The van der Waals surface area contributed by atoms with Crippen molar-refractivity contribution < 1.29 is 4.79 Å². The van der Waals surface area contributed by atoms with Gasteiger partial charge >= 0.3 is 0 Å². The molecule has 3 aromatic rings. The second-order valence-corrected chi connectivity index (χ2v) is 7.52. The Morgan fingerprint density at radius 1 is 1.06 bits per heavy atom. The van der Waals surface area contributed by atoms with Crippen LogP contribution in [-0.2, 0) is 6.54 Å². The summed E-state index contributed by atoms with van der Waals surface area (Å²) in [6, 6.07) is 21.5. The van der Waals surface area contributed by atoms with E-state index in [-0.39, 0.29) is 17.2 Å². The second kappa shape index (κ2) is 10.4. The smallest absolute Gasteiger partial charge is 0.276 e. The predicted molar refractivity (Wildman–Crippen MR) is 126 cm³/mol. The Hall–Kier alpha value is -3.67. The first kappa shape index (κ1) is 22.0. The number of hydrogen-bond donors (Lipinski definition) is 1. The lowest BCUT2D eigenvalue weighted by molar-refractivity contribution is 0.0953. The largest absolute Gasteiger partial charge is 0.367 e. The van der Waals surface area contributed by atoms with Gasteiger partial charge in [-0.2, -0.15) is 5.10 Å². The molecule has 0 atom stereocenters. The molecule has 0 aliphatic heterocycles. The number of aromatic nitrogens is 1. The first-order valence-electron chi connectivity index (χ1n) is 10.4. The molecule has 6 heteroatoms. The topological polar surface area (TPSA) is 66.7 Å². The third-order valence-electron chi connectivity index (χ3n) is 5.01. The van der Waals surface area contributed by atoms with Crippen LogP contribution in [0.2, 0.25) is 0 Å². The van der Waals surface area contributed by atoms with Gasteiger partial charge in [-0.25, -0.2) is 5.43 Å². The zero-order valence-electron chi connectivity index (χ0n) is 18.2. The molecular formula is C25H28N4O2. The van der Waals surface area contributed by atoms with E-state index in [0.717, 1.165) is 24.3 Å². The highest BCUT2D eigenvalue weighted by molar-refractivity contribution is 5.94. The van der Waals surface area contributed by atoms with E-state index in [1.807, 2.05) is 56.3 Å². The molecule has 1 aromatic heterocycles. The lowest BCUT2D eigenvalue weighted by Gasteiger charge is -2.23. The van der Waals surface area contributed by atoms with Gasteiger partial charge in [-0.15, -0.1) is 0 Å². The van der Waals surface area contributed by atoms with Gasteiger partial charge in [-0.3, -0.25) is 9.59 Å². The zero-order chi connectivity index (χ0) is 22.2. The van der Waals surface area contributed by atoms with E-state index in [4.69, 9.17) is 0 Å². The quantitative estimate of drug-likeness (QED) is 0.442. The minimum Gasteiger partial charge on any atom is -0.367 e. The van der Waals surface area contributed by atoms with Crippen LogP contribution in [0.1, 0.15) is 48.3 Å². The SMILES string of the molecule is CCN(Cc1ccccc1)c1ccc(/C=N\NC(=O)c2cccn(C(C)C)c2=O)cc1. The van der Waals surface area contributed by atoms with Crippen LogP contribution in [0, 0.1) is 0 Å². The highest BCUT2D eigenvalue weighted by atomic mass is 16.2. The number of carbonyl (C=O) groups excluding carboxylic acids is 1. The summed E-state index contributed by atoms with van der Waals surface area (Å²) in [4.78, 5) is 27.0. The van der Waals surface area contributed by atoms with Crippen LogP contribution in [-0.4, -0.2) is 23.2 Å². The fourth-order valence-corrected chi connectivity index (χ4v) is 3.28. The molecule has 0 saturated carbocycles. The summed E-state index contributed by atoms with van der Waals surface area (Å²) >= 11 is 0. The monoisotopic (exact) mass is 416 g/mol. The van der Waals surface area contributed by atoms with Crippen LogP contribution in [0.25, 0.3) is 0 Å². The van der Waals surface area contributed by atoms with Crippen molar-refractivity contribution in [2.45, 2.75) is 33.4 Å². The average Bonchev–Trinajstić information content (AvgIpc) is 2.78. The average molecular weight is 417 g/mol. The van der Waals surface area contributed by atoms with Crippen molar-refractivity contribution in [1.82, 2.24) is 9.99 Å². The molecule has 0 aliphatic rings. The Balaban J connectivity index is 1.64. The van der Waals surface area contributed by atoms with E-state index in [9.17, 15) is 9.59 Å². The minimum atomic E-state index is -0.520. The molecule has 0 unspecified atom stereocenters. The van der Waals surface area contributed by atoms with Gasteiger partial charge in [0.2, 0.25) is 0 Å². The Labute approximate surface area is 182 Å². The molecule has 1 amide bonds. The zero-order valence-corrected chi connectivity index (χ0v) is 18.2. The molecule has 2 aromatic carbocycles. The molecule has 0 spiro atoms. The number of nitrogens with zero attached hydrogens (tertiary/aromatic N) is 3. The van der Waals surface area contributed by atoms with E-state index in [0.29, 0.717) is 0 Å². The van der Waals surface area contributed by atoms with E-state index >= 15 is 0 Å². The maximum Gasteiger partial charge on any atom is 0.276 e. The number of anilines is 1. The van der Waals surface area contributed by atoms with Crippen LogP contribution in [0.5, 0.6) is 0 Å². The fourth-order valence-electron chi connectivity index (χ4n) is 3.28. The van der Waals surface area contributed by atoms with Gasteiger partial charge in [0, 0.05) is 31.0 Å². The summed E-state index contributed by atoms with van der Waals surface area (Å²) in [5.74, 6) is -0.520. The summed E-state index contributed by atoms with van der Waals surface area (Å²) < 4.78 is 1.52. The van der Waals surface area contributed by atoms with Gasteiger partial charge in [0.1, 0.15) is 5.56 Å². The normalized spacial score (nSPS) is 11.1. The summed E-state index contributed by atoms with van der Waals surface area (Å²) in [6.07, 6.45) is 3.24. The van der Waals surface area contributed by atoms with Gasteiger partial charge in [0.05, 0.1) is 6.21 Å². The molecule has 0 saturated heterocycles. The number of nitrogens with one attached hydrogen (secondary N) is 1. The van der Waals surface area contributed by atoms with Crippen molar-refractivity contribution in [3.05, 3.63) is 100.0 Å². The van der Waals surface area contributed by atoms with Crippen LogP contribution in [0.3, 0.4) is 0 Å². The Morgan fingerprint density at radius 2 is 1.77 bits per heavy atom. The molecule has 31 heavy (non-hydrogen) atoms. The Bertz CT molecular complexity index is 1090. The highest BCUT2D eigenvalue weighted by Crippen LogP contribution is 2.17. The molecular weight excluding hydrogens is 388 g/mol. The highest BCUT2D eigenvalue weighted by Gasteiger charge is 2.12. The van der Waals surface area contributed by atoms with Gasteiger partial charge in [0.15, 0.2) is 0 Å². The van der Waals surface area contributed by atoms with E-state index in [2.05, 4.69) is 34.5 Å². The summed E-state index contributed by atoms with van der Waals surface area (Å²) in [5, 5.41) is 4.01. The van der Waals surface area contributed by atoms with E-state index < -0.39 is 5.91 Å². The molecule has 0 radical (unpaired) electrons.